The van der Waals surface area contributed by atoms with E-state index < -0.39 is 0 Å². The van der Waals surface area contributed by atoms with E-state index >= 15 is 0 Å². The quantitative estimate of drug-likeness (QED) is 0.886. The van der Waals surface area contributed by atoms with Gasteiger partial charge in [0.25, 0.3) is 0 Å². The van der Waals surface area contributed by atoms with Crippen molar-refractivity contribution in [1.82, 2.24) is 0 Å². The van der Waals surface area contributed by atoms with Crippen LogP contribution < -0.4 is 0 Å². The van der Waals surface area contributed by atoms with Gasteiger partial charge in [0.05, 0.1) is 11.1 Å². The Balaban J connectivity index is 2.63. The highest BCUT2D eigenvalue weighted by Gasteiger charge is 2.01. The second-order valence-corrected chi connectivity index (χ2v) is 4.40. The number of aliphatic hydroxyl groups excluding tert-OH is 1. The fourth-order valence-corrected chi connectivity index (χ4v) is 1.52. The van der Waals surface area contributed by atoms with E-state index in [9.17, 15) is 0 Å². The molecule has 0 aliphatic heterocycles. The molecule has 1 aromatic rings. The van der Waals surface area contributed by atoms with Gasteiger partial charge in [-0.15, -0.1) is 0 Å². The van der Waals surface area contributed by atoms with E-state index in [1.165, 1.54) is 0 Å². The summed E-state index contributed by atoms with van der Waals surface area (Å²) in [4.78, 5) is 0. The number of hydrogen-bond acceptors (Lipinski definition) is 1. The largest absolute Gasteiger partial charge is 0.393 e. The molecule has 13 heavy (non-hydrogen) atoms. The minimum absolute atomic E-state index is 0.248. The van der Waals surface area contributed by atoms with Gasteiger partial charge in [0.2, 0.25) is 0 Å². The summed E-state index contributed by atoms with van der Waals surface area (Å²) >= 11 is 9.25. The van der Waals surface area contributed by atoms with Crippen molar-refractivity contribution in [3.63, 3.8) is 0 Å². The Morgan fingerprint density at radius 2 is 2.23 bits per heavy atom. The second kappa shape index (κ2) is 4.99. The summed E-state index contributed by atoms with van der Waals surface area (Å²) in [5.74, 6) is 0. The molecule has 72 valence electrons. The predicted molar refractivity (Wildman–Crippen MR) is 59.2 cm³/mol. The molecule has 0 heterocycles. The average Bonchev–Trinajstić information content (AvgIpc) is 2.07. The van der Waals surface area contributed by atoms with Crippen LogP contribution in [0.4, 0.5) is 0 Å². The van der Waals surface area contributed by atoms with Gasteiger partial charge in [0, 0.05) is 4.47 Å². The first-order valence-electron chi connectivity index (χ1n) is 4.21. The molecular formula is C10H12BrClO. The minimum atomic E-state index is -0.248. The van der Waals surface area contributed by atoms with Crippen LogP contribution in [0.3, 0.4) is 0 Å². The van der Waals surface area contributed by atoms with Gasteiger partial charge in [-0.3, -0.25) is 0 Å². The van der Waals surface area contributed by atoms with Gasteiger partial charge >= 0.3 is 0 Å². The third kappa shape index (κ3) is 3.67. The van der Waals surface area contributed by atoms with Gasteiger partial charge in [0.15, 0.2) is 0 Å². The smallest absolute Gasteiger partial charge is 0.0550 e. The maximum atomic E-state index is 9.10. The molecular weight excluding hydrogens is 251 g/mol. The van der Waals surface area contributed by atoms with E-state index in [4.69, 9.17) is 16.7 Å². The highest BCUT2D eigenvalue weighted by Crippen LogP contribution is 2.23. The third-order valence-corrected chi connectivity index (χ3v) is 3.07. The maximum absolute atomic E-state index is 9.10. The SMILES string of the molecule is C[C@H](O)CCc1ccc(Br)c(Cl)c1. The molecule has 1 aromatic carbocycles. The number of benzene rings is 1. The van der Waals surface area contributed by atoms with E-state index in [0.717, 1.165) is 27.9 Å². The molecule has 0 aromatic heterocycles. The zero-order chi connectivity index (χ0) is 9.84. The van der Waals surface area contributed by atoms with Gasteiger partial charge in [-0.1, -0.05) is 17.7 Å². The fraction of sp³-hybridized carbons (Fsp3) is 0.400. The molecule has 0 aliphatic rings. The molecule has 1 rings (SSSR count). The van der Waals surface area contributed by atoms with Crippen LogP contribution in [0.25, 0.3) is 0 Å². The molecule has 1 atom stereocenters. The van der Waals surface area contributed by atoms with Crippen LogP contribution in [0.15, 0.2) is 22.7 Å². The Hall–Kier alpha value is -0.0500. The predicted octanol–water partition coefficient (Wildman–Crippen LogP) is 3.42. The number of rotatable bonds is 3. The van der Waals surface area contributed by atoms with E-state index in [0.29, 0.717) is 0 Å². The Labute approximate surface area is 91.9 Å². The molecule has 0 saturated carbocycles. The first-order chi connectivity index (χ1) is 6.09. The fourth-order valence-electron chi connectivity index (χ4n) is 1.07. The summed E-state index contributed by atoms with van der Waals surface area (Å²) in [7, 11) is 0. The van der Waals surface area contributed by atoms with Crippen molar-refractivity contribution in [3.05, 3.63) is 33.3 Å². The molecule has 0 unspecified atom stereocenters. The van der Waals surface area contributed by atoms with Crippen LogP contribution in [-0.4, -0.2) is 11.2 Å². The van der Waals surface area contributed by atoms with Gasteiger partial charge in [0.1, 0.15) is 0 Å². The lowest BCUT2D eigenvalue weighted by Gasteiger charge is -2.05. The molecule has 0 radical (unpaired) electrons. The molecule has 0 saturated heterocycles. The topological polar surface area (TPSA) is 20.2 Å². The number of hydrogen-bond donors (Lipinski definition) is 1. The third-order valence-electron chi connectivity index (χ3n) is 1.83. The summed E-state index contributed by atoms with van der Waals surface area (Å²) in [5, 5.41) is 9.82. The maximum Gasteiger partial charge on any atom is 0.0550 e. The Morgan fingerprint density at radius 1 is 1.54 bits per heavy atom. The summed E-state index contributed by atoms with van der Waals surface area (Å²) < 4.78 is 0.912. The highest BCUT2D eigenvalue weighted by atomic mass is 79.9. The van der Waals surface area contributed by atoms with Crippen molar-refractivity contribution >= 4 is 27.5 Å². The molecule has 0 spiro atoms. The van der Waals surface area contributed by atoms with Gasteiger partial charge in [-0.2, -0.15) is 0 Å². The van der Waals surface area contributed by atoms with Crippen LogP contribution in [-0.2, 0) is 6.42 Å². The first-order valence-corrected chi connectivity index (χ1v) is 5.38. The minimum Gasteiger partial charge on any atom is -0.393 e. The van der Waals surface area contributed by atoms with Crippen LogP contribution in [0, 0.1) is 0 Å². The zero-order valence-corrected chi connectivity index (χ0v) is 9.77. The van der Waals surface area contributed by atoms with Gasteiger partial charge in [-0.05, 0) is 53.4 Å². The zero-order valence-electron chi connectivity index (χ0n) is 7.43. The Kier molecular flexibility index (Phi) is 4.23. The van der Waals surface area contributed by atoms with Crippen LogP contribution >= 0.6 is 27.5 Å². The molecule has 0 amide bonds. The number of halogens is 2. The highest BCUT2D eigenvalue weighted by molar-refractivity contribution is 9.10. The van der Waals surface area contributed by atoms with Crippen molar-refractivity contribution in [2.24, 2.45) is 0 Å². The van der Waals surface area contributed by atoms with E-state index in [-0.39, 0.29) is 6.10 Å². The summed E-state index contributed by atoms with van der Waals surface area (Å²) in [6.45, 7) is 1.79. The van der Waals surface area contributed by atoms with E-state index in [1.807, 2.05) is 18.2 Å². The van der Waals surface area contributed by atoms with Crippen molar-refractivity contribution < 1.29 is 5.11 Å². The van der Waals surface area contributed by atoms with Crippen LogP contribution in [0.5, 0.6) is 0 Å². The lowest BCUT2D eigenvalue weighted by atomic mass is 10.1. The Morgan fingerprint density at radius 3 is 2.77 bits per heavy atom. The summed E-state index contributed by atoms with van der Waals surface area (Å²) in [6, 6.07) is 5.87. The average molecular weight is 264 g/mol. The van der Waals surface area contributed by atoms with Crippen molar-refractivity contribution in [1.29, 1.82) is 0 Å². The van der Waals surface area contributed by atoms with Gasteiger partial charge in [-0.25, -0.2) is 0 Å². The summed E-state index contributed by atoms with van der Waals surface area (Å²) in [6.07, 6.45) is 1.39. The lowest BCUT2D eigenvalue weighted by Crippen LogP contribution is -2.01. The summed E-state index contributed by atoms with van der Waals surface area (Å²) in [5.41, 5.74) is 1.16. The molecule has 0 aliphatic carbocycles. The van der Waals surface area contributed by atoms with Crippen LogP contribution in [0.2, 0.25) is 5.02 Å². The molecule has 1 nitrogen and oxygen atoms in total. The lowest BCUT2D eigenvalue weighted by molar-refractivity contribution is 0.185. The Bertz CT molecular complexity index is 286. The van der Waals surface area contributed by atoms with Crippen molar-refractivity contribution in [3.8, 4) is 0 Å². The number of aliphatic hydroxyl groups is 1. The van der Waals surface area contributed by atoms with E-state index in [2.05, 4.69) is 15.9 Å². The first kappa shape index (κ1) is 11.0. The van der Waals surface area contributed by atoms with Crippen LogP contribution in [0.1, 0.15) is 18.9 Å². The molecule has 3 heteroatoms. The normalized spacial score (nSPS) is 12.9. The monoisotopic (exact) mass is 262 g/mol. The number of aryl methyl sites for hydroxylation is 1. The van der Waals surface area contributed by atoms with Crippen molar-refractivity contribution in [2.75, 3.05) is 0 Å². The van der Waals surface area contributed by atoms with Crippen molar-refractivity contribution in [2.45, 2.75) is 25.9 Å². The molecule has 0 bridgehead atoms. The molecule has 1 N–H and O–H groups in total. The van der Waals surface area contributed by atoms with E-state index in [1.54, 1.807) is 6.92 Å². The second-order valence-electron chi connectivity index (χ2n) is 3.14. The standard InChI is InChI=1S/C10H12BrClO/c1-7(13)2-3-8-4-5-9(11)10(12)6-8/h4-7,13H,2-3H2,1H3/t7-/m0/s1. The molecule has 0 fully saturated rings. The van der Waals surface area contributed by atoms with Gasteiger partial charge < -0.3 is 5.11 Å².